The van der Waals surface area contributed by atoms with Crippen molar-refractivity contribution in [1.29, 1.82) is 0 Å². The van der Waals surface area contributed by atoms with Gasteiger partial charge in [0.2, 0.25) is 0 Å². The van der Waals surface area contributed by atoms with E-state index in [9.17, 15) is 0 Å². The maximum Gasteiger partial charge on any atom is 0.132 e. The van der Waals surface area contributed by atoms with Crippen LogP contribution in [0.2, 0.25) is 0 Å². The van der Waals surface area contributed by atoms with Crippen molar-refractivity contribution in [3.05, 3.63) is 63.2 Å². The van der Waals surface area contributed by atoms with Gasteiger partial charge < -0.3 is 4.74 Å². The first-order chi connectivity index (χ1) is 10.3. The predicted octanol–water partition coefficient (Wildman–Crippen LogP) is 5.55. The smallest absolute Gasteiger partial charge is 0.132 e. The summed E-state index contributed by atoms with van der Waals surface area (Å²) in [6, 6.07) is 17.7. The molecule has 0 bridgehead atoms. The summed E-state index contributed by atoms with van der Waals surface area (Å²) in [7, 11) is 1.74. The first kappa shape index (κ1) is 14.9. The maximum atomic E-state index is 5.42. The largest absolute Gasteiger partial charge is 0.496 e. The van der Waals surface area contributed by atoms with Gasteiger partial charge in [-0.2, -0.15) is 0 Å². The van der Waals surface area contributed by atoms with Crippen LogP contribution in [-0.4, -0.2) is 7.11 Å². The van der Waals surface area contributed by atoms with Crippen LogP contribution in [-0.2, 0) is 5.41 Å². The highest BCUT2D eigenvalue weighted by Crippen LogP contribution is 2.45. The SMILES string of the molecule is COc1ccc(C2(c3ccccc3)CCCCC2)cc1I. The van der Waals surface area contributed by atoms with Crippen LogP contribution in [0.5, 0.6) is 5.75 Å². The number of ether oxygens (including phenoxy) is 1. The van der Waals surface area contributed by atoms with Crippen molar-refractivity contribution < 1.29 is 4.74 Å². The Morgan fingerprint density at radius 1 is 0.905 bits per heavy atom. The van der Waals surface area contributed by atoms with Gasteiger partial charge in [0.05, 0.1) is 10.7 Å². The molecule has 0 amide bonds. The molecule has 0 aliphatic heterocycles. The molecule has 0 atom stereocenters. The van der Waals surface area contributed by atoms with E-state index in [0.717, 1.165) is 5.75 Å². The number of hydrogen-bond donors (Lipinski definition) is 0. The summed E-state index contributed by atoms with van der Waals surface area (Å²) in [5.74, 6) is 0.971. The molecule has 0 spiro atoms. The summed E-state index contributed by atoms with van der Waals surface area (Å²) >= 11 is 2.38. The molecule has 1 aliphatic rings. The van der Waals surface area contributed by atoms with E-state index in [1.54, 1.807) is 7.11 Å². The quantitative estimate of drug-likeness (QED) is 0.623. The zero-order valence-electron chi connectivity index (χ0n) is 12.4. The average Bonchev–Trinajstić information content (AvgIpc) is 2.56. The second kappa shape index (κ2) is 6.39. The molecule has 110 valence electrons. The molecule has 0 aromatic heterocycles. The fraction of sp³-hybridized carbons (Fsp3) is 0.368. The van der Waals surface area contributed by atoms with Gasteiger partial charge in [0.1, 0.15) is 5.75 Å². The molecule has 0 unspecified atom stereocenters. The van der Waals surface area contributed by atoms with Gasteiger partial charge in [-0.1, -0.05) is 55.7 Å². The highest BCUT2D eigenvalue weighted by molar-refractivity contribution is 14.1. The van der Waals surface area contributed by atoms with Crippen LogP contribution in [0.15, 0.2) is 48.5 Å². The Balaban J connectivity index is 2.10. The molecular formula is C19H21IO. The Labute approximate surface area is 140 Å². The van der Waals surface area contributed by atoms with Crippen LogP contribution in [0.25, 0.3) is 0 Å². The van der Waals surface area contributed by atoms with Crippen LogP contribution in [0.4, 0.5) is 0 Å². The van der Waals surface area contributed by atoms with Crippen molar-refractivity contribution in [2.24, 2.45) is 0 Å². The zero-order valence-corrected chi connectivity index (χ0v) is 14.6. The first-order valence-corrected chi connectivity index (χ1v) is 8.74. The first-order valence-electron chi connectivity index (χ1n) is 7.66. The number of benzene rings is 2. The zero-order chi connectivity index (χ0) is 14.7. The summed E-state index contributed by atoms with van der Waals surface area (Å²) < 4.78 is 6.62. The van der Waals surface area contributed by atoms with E-state index < -0.39 is 0 Å². The summed E-state index contributed by atoms with van der Waals surface area (Å²) in [5.41, 5.74) is 3.09. The molecule has 0 heterocycles. The van der Waals surface area contributed by atoms with Gasteiger partial charge in [-0.05, 0) is 58.7 Å². The van der Waals surface area contributed by atoms with Crippen LogP contribution in [0, 0.1) is 3.57 Å². The Morgan fingerprint density at radius 3 is 2.24 bits per heavy atom. The Bertz CT molecular complexity index is 600. The number of rotatable bonds is 3. The van der Waals surface area contributed by atoms with Gasteiger partial charge in [-0.15, -0.1) is 0 Å². The van der Waals surface area contributed by atoms with E-state index in [1.165, 1.54) is 46.8 Å². The van der Waals surface area contributed by atoms with Gasteiger partial charge >= 0.3 is 0 Å². The average molecular weight is 392 g/mol. The van der Waals surface area contributed by atoms with Gasteiger partial charge in [-0.25, -0.2) is 0 Å². The second-order valence-corrected chi connectivity index (χ2v) is 7.02. The molecule has 2 heteroatoms. The second-order valence-electron chi connectivity index (χ2n) is 5.86. The number of halogens is 1. The molecule has 21 heavy (non-hydrogen) atoms. The van der Waals surface area contributed by atoms with Crippen molar-refractivity contribution in [3.63, 3.8) is 0 Å². The summed E-state index contributed by atoms with van der Waals surface area (Å²) in [4.78, 5) is 0. The molecule has 1 aliphatic carbocycles. The third-order valence-corrected chi connectivity index (χ3v) is 5.58. The van der Waals surface area contributed by atoms with Gasteiger partial charge in [0.25, 0.3) is 0 Å². The fourth-order valence-corrected chi connectivity index (χ4v) is 4.36. The minimum atomic E-state index is 0.186. The van der Waals surface area contributed by atoms with Gasteiger partial charge in [-0.3, -0.25) is 0 Å². The minimum Gasteiger partial charge on any atom is -0.496 e. The predicted molar refractivity (Wildman–Crippen MR) is 96.0 cm³/mol. The molecule has 0 saturated heterocycles. The summed E-state index contributed by atoms with van der Waals surface area (Å²) in [6.45, 7) is 0. The monoisotopic (exact) mass is 392 g/mol. The van der Waals surface area contributed by atoms with E-state index >= 15 is 0 Å². The standard InChI is InChI=1S/C19H21IO/c1-21-18-11-10-16(14-17(18)20)19(12-6-3-7-13-19)15-8-4-2-5-9-15/h2,4-5,8-11,14H,3,6-7,12-13H2,1H3. The van der Waals surface area contributed by atoms with Crippen molar-refractivity contribution in [3.8, 4) is 5.75 Å². The lowest BCUT2D eigenvalue weighted by Crippen LogP contribution is -2.30. The lowest BCUT2D eigenvalue weighted by molar-refractivity contribution is 0.345. The molecule has 3 rings (SSSR count). The summed E-state index contributed by atoms with van der Waals surface area (Å²) in [5, 5.41) is 0. The van der Waals surface area contributed by atoms with Crippen LogP contribution >= 0.6 is 22.6 Å². The Morgan fingerprint density at radius 2 is 1.62 bits per heavy atom. The minimum absolute atomic E-state index is 0.186. The van der Waals surface area contributed by atoms with Crippen molar-refractivity contribution in [1.82, 2.24) is 0 Å². The molecule has 1 nitrogen and oxygen atoms in total. The van der Waals surface area contributed by atoms with Crippen molar-refractivity contribution in [2.75, 3.05) is 7.11 Å². The molecule has 2 aromatic rings. The Hall–Kier alpha value is -1.03. The van der Waals surface area contributed by atoms with Crippen molar-refractivity contribution in [2.45, 2.75) is 37.5 Å². The van der Waals surface area contributed by atoms with Crippen LogP contribution in [0.1, 0.15) is 43.2 Å². The highest BCUT2D eigenvalue weighted by Gasteiger charge is 2.35. The lowest BCUT2D eigenvalue weighted by Gasteiger charge is -2.39. The van der Waals surface area contributed by atoms with E-state index in [-0.39, 0.29) is 5.41 Å². The molecule has 1 saturated carbocycles. The van der Waals surface area contributed by atoms with E-state index in [0.29, 0.717) is 0 Å². The molecule has 0 radical (unpaired) electrons. The maximum absolute atomic E-state index is 5.42. The van der Waals surface area contributed by atoms with Crippen LogP contribution < -0.4 is 4.74 Å². The van der Waals surface area contributed by atoms with Gasteiger partial charge in [0.15, 0.2) is 0 Å². The molecule has 0 N–H and O–H groups in total. The summed E-state index contributed by atoms with van der Waals surface area (Å²) in [6.07, 6.45) is 6.50. The number of methoxy groups -OCH3 is 1. The molecule has 1 fully saturated rings. The third-order valence-electron chi connectivity index (χ3n) is 4.74. The fourth-order valence-electron chi connectivity index (χ4n) is 3.62. The van der Waals surface area contributed by atoms with E-state index in [2.05, 4.69) is 71.1 Å². The van der Waals surface area contributed by atoms with E-state index in [1.807, 2.05) is 0 Å². The van der Waals surface area contributed by atoms with Gasteiger partial charge in [0, 0.05) is 5.41 Å². The number of hydrogen-bond acceptors (Lipinski definition) is 1. The van der Waals surface area contributed by atoms with Crippen molar-refractivity contribution >= 4 is 22.6 Å². The third kappa shape index (κ3) is 2.83. The molecular weight excluding hydrogens is 371 g/mol. The molecule has 2 aromatic carbocycles. The van der Waals surface area contributed by atoms with Crippen LogP contribution in [0.3, 0.4) is 0 Å². The normalized spacial score (nSPS) is 17.4. The Kier molecular flexibility index (Phi) is 4.53. The lowest BCUT2D eigenvalue weighted by atomic mass is 9.65. The van der Waals surface area contributed by atoms with E-state index in [4.69, 9.17) is 4.74 Å². The topological polar surface area (TPSA) is 9.23 Å². The highest BCUT2D eigenvalue weighted by atomic mass is 127.